The van der Waals surface area contributed by atoms with Gasteiger partial charge in [0.1, 0.15) is 0 Å². The van der Waals surface area contributed by atoms with Crippen molar-refractivity contribution in [3.8, 4) is 0 Å². The van der Waals surface area contributed by atoms with Gasteiger partial charge in [-0.15, -0.1) is 0 Å². The Bertz CT molecular complexity index is 423. The van der Waals surface area contributed by atoms with E-state index in [1.165, 1.54) is 18.4 Å². The van der Waals surface area contributed by atoms with Gasteiger partial charge in [0.25, 0.3) is 0 Å². The van der Waals surface area contributed by atoms with E-state index in [4.69, 9.17) is 5.11 Å². The maximum absolute atomic E-state index is 10.9. The van der Waals surface area contributed by atoms with Crippen LogP contribution in [0.3, 0.4) is 0 Å². The maximum Gasteiger partial charge on any atom is 0.305 e. The highest BCUT2D eigenvalue weighted by molar-refractivity contribution is 5.67. The number of rotatable bonds is 7. The van der Waals surface area contributed by atoms with Crippen LogP contribution >= 0.6 is 0 Å². The summed E-state index contributed by atoms with van der Waals surface area (Å²) in [6.45, 7) is 4.88. The quantitative estimate of drug-likeness (QED) is 0.817. The fourth-order valence-electron chi connectivity index (χ4n) is 2.73. The van der Waals surface area contributed by atoms with Crippen LogP contribution < -0.4 is 4.90 Å². The van der Waals surface area contributed by atoms with Crippen molar-refractivity contribution in [2.75, 3.05) is 11.4 Å². The van der Waals surface area contributed by atoms with Crippen LogP contribution in [-0.2, 0) is 4.79 Å². The fraction of sp³-hybridized carbons (Fsp3) is 0.562. The summed E-state index contributed by atoms with van der Waals surface area (Å²) in [6, 6.07) is 8.91. The lowest BCUT2D eigenvalue weighted by atomic mass is 10.1. The molecule has 1 atom stereocenters. The van der Waals surface area contributed by atoms with Crippen LogP contribution in [0.4, 0.5) is 5.69 Å². The van der Waals surface area contributed by atoms with E-state index in [0.29, 0.717) is 12.6 Å². The Morgan fingerprint density at radius 2 is 2.00 bits per heavy atom. The van der Waals surface area contributed by atoms with E-state index in [0.717, 1.165) is 18.0 Å². The molecule has 1 aliphatic rings. The van der Waals surface area contributed by atoms with Gasteiger partial charge in [-0.3, -0.25) is 4.79 Å². The molecule has 0 spiro atoms. The minimum Gasteiger partial charge on any atom is -0.481 e. The van der Waals surface area contributed by atoms with Crippen molar-refractivity contribution in [1.29, 1.82) is 0 Å². The van der Waals surface area contributed by atoms with Crippen molar-refractivity contribution in [3.05, 3.63) is 29.8 Å². The van der Waals surface area contributed by atoms with E-state index in [9.17, 15) is 4.79 Å². The van der Waals surface area contributed by atoms with Gasteiger partial charge in [-0.2, -0.15) is 0 Å². The highest BCUT2D eigenvalue weighted by Crippen LogP contribution is 2.38. The molecule has 1 unspecified atom stereocenters. The van der Waals surface area contributed by atoms with Gasteiger partial charge in [-0.25, -0.2) is 0 Å². The largest absolute Gasteiger partial charge is 0.481 e. The molecule has 0 heterocycles. The molecule has 1 aliphatic carbocycles. The number of aliphatic carboxylic acids is 1. The van der Waals surface area contributed by atoms with E-state index in [-0.39, 0.29) is 6.42 Å². The zero-order chi connectivity index (χ0) is 13.8. The van der Waals surface area contributed by atoms with E-state index in [2.05, 4.69) is 43.0 Å². The van der Waals surface area contributed by atoms with Crippen molar-refractivity contribution in [2.45, 2.75) is 45.6 Å². The van der Waals surface area contributed by atoms with E-state index >= 15 is 0 Å². The average Bonchev–Trinajstić information content (AvgIpc) is 3.20. The molecule has 0 amide bonds. The molecule has 3 heteroatoms. The van der Waals surface area contributed by atoms with Gasteiger partial charge >= 0.3 is 5.97 Å². The van der Waals surface area contributed by atoms with Gasteiger partial charge in [0, 0.05) is 18.3 Å². The van der Waals surface area contributed by atoms with Crippen LogP contribution in [0.25, 0.3) is 0 Å². The normalized spacial score (nSPS) is 16.1. The Morgan fingerprint density at radius 3 is 2.47 bits per heavy atom. The smallest absolute Gasteiger partial charge is 0.305 e. The third kappa shape index (κ3) is 3.72. The van der Waals surface area contributed by atoms with Crippen molar-refractivity contribution >= 4 is 11.7 Å². The zero-order valence-electron chi connectivity index (χ0n) is 11.8. The molecule has 0 radical (unpaired) electrons. The summed E-state index contributed by atoms with van der Waals surface area (Å²) in [5, 5.41) is 8.94. The number of aryl methyl sites for hydroxylation is 1. The van der Waals surface area contributed by atoms with E-state index < -0.39 is 5.97 Å². The SMILES string of the molecule is CCC(C1CC1)N(CCC(=O)O)c1ccc(C)cc1. The highest BCUT2D eigenvalue weighted by Gasteiger charge is 2.34. The molecule has 0 saturated heterocycles. The first-order valence-electron chi connectivity index (χ1n) is 7.17. The summed E-state index contributed by atoms with van der Waals surface area (Å²) in [7, 11) is 0. The summed E-state index contributed by atoms with van der Waals surface area (Å²) in [4.78, 5) is 13.2. The standard InChI is InChI=1S/C16H23NO2/c1-3-15(13-6-7-13)17(11-10-16(18)19)14-8-4-12(2)5-9-14/h4-5,8-9,13,15H,3,6-7,10-11H2,1-2H3,(H,18,19). The van der Waals surface area contributed by atoms with Gasteiger partial charge in [0.05, 0.1) is 6.42 Å². The average molecular weight is 261 g/mol. The predicted molar refractivity (Wildman–Crippen MR) is 77.6 cm³/mol. The van der Waals surface area contributed by atoms with Crippen LogP contribution in [-0.4, -0.2) is 23.7 Å². The molecule has 1 aromatic rings. The fourth-order valence-corrected chi connectivity index (χ4v) is 2.73. The monoisotopic (exact) mass is 261 g/mol. The topological polar surface area (TPSA) is 40.5 Å². The van der Waals surface area contributed by atoms with E-state index in [1.54, 1.807) is 0 Å². The molecule has 19 heavy (non-hydrogen) atoms. The highest BCUT2D eigenvalue weighted by atomic mass is 16.4. The molecule has 1 fully saturated rings. The van der Waals surface area contributed by atoms with Crippen LogP contribution in [0.2, 0.25) is 0 Å². The third-order valence-electron chi connectivity index (χ3n) is 3.92. The molecule has 1 N–H and O–H groups in total. The summed E-state index contributed by atoms with van der Waals surface area (Å²) in [6.07, 6.45) is 3.86. The van der Waals surface area contributed by atoms with Crippen LogP contribution in [0.15, 0.2) is 24.3 Å². The molecule has 2 rings (SSSR count). The maximum atomic E-state index is 10.9. The van der Waals surface area contributed by atoms with Gasteiger partial charge < -0.3 is 10.0 Å². The van der Waals surface area contributed by atoms with Crippen LogP contribution in [0.1, 0.15) is 38.2 Å². The Kier molecular flexibility index (Phi) is 4.46. The van der Waals surface area contributed by atoms with Gasteiger partial charge in [0.2, 0.25) is 0 Å². The first kappa shape index (κ1) is 13.9. The van der Waals surface area contributed by atoms with Gasteiger partial charge in [-0.1, -0.05) is 24.6 Å². The Hall–Kier alpha value is -1.51. The number of benzene rings is 1. The van der Waals surface area contributed by atoms with Gasteiger partial charge in [0.15, 0.2) is 0 Å². The van der Waals surface area contributed by atoms with Crippen LogP contribution in [0, 0.1) is 12.8 Å². The van der Waals surface area contributed by atoms with E-state index in [1.807, 2.05) is 0 Å². The zero-order valence-corrected chi connectivity index (χ0v) is 11.8. The predicted octanol–water partition coefficient (Wildman–Crippen LogP) is 3.46. The number of hydrogen-bond acceptors (Lipinski definition) is 2. The molecule has 1 aromatic carbocycles. The second-order valence-corrected chi connectivity index (χ2v) is 5.49. The molecular weight excluding hydrogens is 238 g/mol. The first-order chi connectivity index (χ1) is 9.11. The van der Waals surface area contributed by atoms with Crippen molar-refractivity contribution in [3.63, 3.8) is 0 Å². The molecule has 104 valence electrons. The number of carboxylic acids is 1. The Labute approximate surface area is 115 Å². The number of nitrogens with zero attached hydrogens (tertiary/aromatic N) is 1. The molecule has 1 saturated carbocycles. The van der Waals surface area contributed by atoms with Crippen molar-refractivity contribution in [2.24, 2.45) is 5.92 Å². The van der Waals surface area contributed by atoms with Crippen LogP contribution in [0.5, 0.6) is 0 Å². The minimum atomic E-state index is -0.720. The Morgan fingerprint density at radius 1 is 1.37 bits per heavy atom. The third-order valence-corrected chi connectivity index (χ3v) is 3.92. The first-order valence-corrected chi connectivity index (χ1v) is 7.17. The van der Waals surface area contributed by atoms with Crippen molar-refractivity contribution in [1.82, 2.24) is 0 Å². The minimum absolute atomic E-state index is 0.205. The summed E-state index contributed by atoms with van der Waals surface area (Å²) in [5.74, 6) is 0.0304. The lowest BCUT2D eigenvalue weighted by Crippen LogP contribution is -2.38. The summed E-state index contributed by atoms with van der Waals surface area (Å²) < 4.78 is 0. The lowest BCUT2D eigenvalue weighted by molar-refractivity contribution is -0.136. The summed E-state index contributed by atoms with van der Waals surface area (Å²) >= 11 is 0. The molecule has 0 aromatic heterocycles. The molecule has 0 bridgehead atoms. The molecule has 3 nitrogen and oxygen atoms in total. The van der Waals surface area contributed by atoms with Gasteiger partial charge in [-0.05, 0) is 44.2 Å². The molecular formula is C16H23NO2. The lowest BCUT2D eigenvalue weighted by Gasteiger charge is -2.33. The molecule has 0 aliphatic heterocycles. The van der Waals surface area contributed by atoms with Crippen molar-refractivity contribution < 1.29 is 9.90 Å². The Balaban J connectivity index is 2.16. The second-order valence-electron chi connectivity index (χ2n) is 5.49. The second kappa shape index (κ2) is 6.09. The number of carboxylic acid groups (broad SMARTS) is 1. The number of anilines is 1. The summed E-state index contributed by atoms with van der Waals surface area (Å²) in [5.41, 5.74) is 2.40. The number of carbonyl (C=O) groups is 1. The number of hydrogen-bond donors (Lipinski definition) is 1.